The third-order valence-corrected chi connectivity index (χ3v) is 3.27. The van der Waals surface area contributed by atoms with Gasteiger partial charge < -0.3 is 15.7 Å². The van der Waals surface area contributed by atoms with Gasteiger partial charge in [0, 0.05) is 31.8 Å². The molecule has 1 aromatic heterocycles. The lowest BCUT2D eigenvalue weighted by molar-refractivity contribution is 0.266. The first-order valence-electron chi connectivity index (χ1n) is 7.20. The topological polar surface area (TPSA) is 70.1 Å². The number of nitrogens with one attached hydrogen (secondary N) is 2. The van der Waals surface area contributed by atoms with Crippen molar-refractivity contribution in [1.82, 2.24) is 9.97 Å². The molecule has 1 unspecified atom stereocenters. The van der Waals surface area contributed by atoms with E-state index in [2.05, 4.69) is 27.5 Å². The van der Waals surface area contributed by atoms with Gasteiger partial charge in [0.15, 0.2) is 5.82 Å². The molecule has 0 aliphatic carbocycles. The maximum Gasteiger partial charge on any atom is 0.163 e. The second-order valence-corrected chi connectivity index (χ2v) is 5.08. The maximum atomic E-state index is 8.95. The highest BCUT2D eigenvalue weighted by atomic mass is 16.3. The van der Waals surface area contributed by atoms with E-state index in [1.165, 1.54) is 0 Å². The van der Waals surface area contributed by atoms with Crippen molar-refractivity contribution in [1.29, 1.82) is 0 Å². The number of hydrogen-bond donors (Lipinski definition) is 3. The van der Waals surface area contributed by atoms with Crippen LogP contribution >= 0.6 is 0 Å². The molecular weight excluding hydrogens is 264 g/mol. The molecule has 0 bridgehead atoms. The molecule has 21 heavy (non-hydrogen) atoms. The predicted molar refractivity (Wildman–Crippen MR) is 86.4 cm³/mol. The van der Waals surface area contributed by atoms with Crippen LogP contribution in [0.4, 0.5) is 11.6 Å². The molecule has 2 rings (SSSR count). The van der Waals surface area contributed by atoms with Crippen molar-refractivity contribution in [2.75, 3.05) is 30.8 Å². The molecule has 5 heteroatoms. The van der Waals surface area contributed by atoms with Gasteiger partial charge in [0.2, 0.25) is 0 Å². The third kappa shape index (κ3) is 4.43. The van der Waals surface area contributed by atoms with Crippen molar-refractivity contribution in [2.24, 2.45) is 5.92 Å². The first-order chi connectivity index (χ1) is 10.2. The molecular formula is C16H22N4O. The average Bonchev–Trinajstić information content (AvgIpc) is 2.54. The average molecular weight is 286 g/mol. The van der Waals surface area contributed by atoms with Crippen LogP contribution in [0.25, 0.3) is 11.4 Å². The number of rotatable bonds is 7. The van der Waals surface area contributed by atoms with Gasteiger partial charge >= 0.3 is 0 Å². The standard InChI is InChI=1S/C16H22N4O/c1-12(8-9-21)11-18-15-10-14(17-2)19-16(20-15)13-6-4-3-5-7-13/h3-7,10,12,21H,8-9,11H2,1-2H3,(H2,17,18,19,20). The number of anilines is 2. The summed E-state index contributed by atoms with van der Waals surface area (Å²) in [5.41, 5.74) is 0.987. The van der Waals surface area contributed by atoms with Crippen LogP contribution in [0.15, 0.2) is 36.4 Å². The first kappa shape index (κ1) is 15.3. The van der Waals surface area contributed by atoms with Crippen LogP contribution in [0.5, 0.6) is 0 Å². The van der Waals surface area contributed by atoms with Crippen molar-refractivity contribution in [3.8, 4) is 11.4 Å². The van der Waals surface area contributed by atoms with E-state index >= 15 is 0 Å². The number of benzene rings is 1. The Kier molecular flexibility index (Phi) is 5.51. The molecule has 0 spiro atoms. The highest BCUT2D eigenvalue weighted by Crippen LogP contribution is 2.20. The fourth-order valence-electron chi connectivity index (χ4n) is 1.98. The molecule has 0 aliphatic heterocycles. The number of aliphatic hydroxyl groups is 1. The van der Waals surface area contributed by atoms with Gasteiger partial charge in [0.05, 0.1) is 0 Å². The van der Waals surface area contributed by atoms with E-state index in [-0.39, 0.29) is 6.61 Å². The summed E-state index contributed by atoms with van der Waals surface area (Å²) in [5, 5.41) is 15.3. The number of hydrogen-bond acceptors (Lipinski definition) is 5. The largest absolute Gasteiger partial charge is 0.396 e. The van der Waals surface area contributed by atoms with Gasteiger partial charge in [-0.3, -0.25) is 0 Å². The summed E-state index contributed by atoms with van der Waals surface area (Å²) in [4.78, 5) is 9.04. The molecule has 2 aromatic rings. The zero-order valence-corrected chi connectivity index (χ0v) is 12.5. The molecule has 0 amide bonds. The highest BCUT2D eigenvalue weighted by molar-refractivity contribution is 5.61. The molecule has 0 fully saturated rings. The molecule has 112 valence electrons. The Labute approximate surface area is 125 Å². The Morgan fingerprint density at radius 2 is 1.86 bits per heavy atom. The fourth-order valence-corrected chi connectivity index (χ4v) is 1.98. The Balaban J connectivity index is 2.18. The van der Waals surface area contributed by atoms with E-state index in [1.54, 1.807) is 0 Å². The summed E-state index contributed by atoms with van der Waals surface area (Å²) in [6.45, 7) is 3.08. The van der Waals surface area contributed by atoms with Crippen LogP contribution in [0, 0.1) is 5.92 Å². The number of nitrogens with zero attached hydrogens (tertiary/aromatic N) is 2. The van der Waals surface area contributed by atoms with E-state index in [9.17, 15) is 0 Å². The molecule has 0 radical (unpaired) electrons. The van der Waals surface area contributed by atoms with Gasteiger partial charge in [-0.1, -0.05) is 37.3 Å². The first-order valence-corrected chi connectivity index (χ1v) is 7.20. The summed E-state index contributed by atoms with van der Waals surface area (Å²) in [7, 11) is 1.84. The van der Waals surface area contributed by atoms with Crippen LogP contribution in [0.1, 0.15) is 13.3 Å². The van der Waals surface area contributed by atoms with Gasteiger partial charge in [-0.25, -0.2) is 9.97 Å². The Bertz CT molecular complexity index is 559. The van der Waals surface area contributed by atoms with Gasteiger partial charge in [-0.15, -0.1) is 0 Å². The summed E-state index contributed by atoms with van der Waals surface area (Å²) in [6.07, 6.45) is 0.780. The molecule has 0 saturated heterocycles. The van der Waals surface area contributed by atoms with Gasteiger partial charge in [0.25, 0.3) is 0 Å². The Morgan fingerprint density at radius 1 is 1.14 bits per heavy atom. The molecule has 0 aliphatic rings. The third-order valence-electron chi connectivity index (χ3n) is 3.27. The maximum absolute atomic E-state index is 8.95. The van der Waals surface area contributed by atoms with E-state index in [0.29, 0.717) is 11.7 Å². The van der Waals surface area contributed by atoms with E-state index in [0.717, 1.165) is 30.2 Å². The summed E-state index contributed by atoms with van der Waals surface area (Å²) < 4.78 is 0. The SMILES string of the molecule is CNc1cc(NCC(C)CCO)nc(-c2ccccc2)n1. The van der Waals surface area contributed by atoms with Crippen LogP contribution in [0.2, 0.25) is 0 Å². The van der Waals surface area contributed by atoms with Crippen LogP contribution in [-0.2, 0) is 0 Å². The minimum atomic E-state index is 0.212. The van der Waals surface area contributed by atoms with Gasteiger partial charge in [-0.2, -0.15) is 0 Å². The van der Waals surface area contributed by atoms with E-state index in [4.69, 9.17) is 5.11 Å². The van der Waals surface area contributed by atoms with Gasteiger partial charge in [0.1, 0.15) is 11.6 Å². The lowest BCUT2D eigenvalue weighted by Gasteiger charge is -2.13. The highest BCUT2D eigenvalue weighted by Gasteiger charge is 2.07. The van der Waals surface area contributed by atoms with Crippen molar-refractivity contribution in [3.63, 3.8) is 0 Å². The molecule has 1 heterocycles. The van der Waals surface area contributed by atoms with Crippen LogP contribution < -0.4 is 10.6 Å². The van der Waals surface area contributed by atoms with Gasteiger partial charge in [-0.05, 0) is 12.3 Å². The van der Waals surface area contributed by atoms with Crippen molar-refractivity contribution < 1.29 is 5.11 Å². The Morgan fingerprint density at radius 3 is 2.52 bits per heavy atom. The van der Waals surface area contributed by atoms with Crippen molar-refractivity contribution in [2.45, 2.75) is 13.3 Å². The lowest BCUT2D eigenvalue weighted by Crippen LogP contribution is -2.14. The number of aromatic nitrogens is 2. The number of aliphatic hydroxyl groups excluding tert-OH is 1. The molecule has 5 nitrogen and oxygen atoms in total. The van der Waals surface area contributed by atoms with E-state index < -0.39 is 0 Å². The quantitative estimate of drug-likeness (QED) is 0.730. The molecule has 3 N–H and O–H groups in total. The lowest BCUT2D eigenvalue weighted by atomic mass is 10.1. The van der Waals surface area contributed by atoms with Crippen molar-refractivity contribution >= 4 is 11.6 Å². The minimum absolute atomic E-state index is 0.212. The van der Waals surface area contributed by atoms with Crippen molar-refractivity contribution in [3.05, 3.63) is 36.4 Å². The van der Waals surface area contributed by atoms with E-state index in [1.807, 2.05) is 43.4 Å². The monoisotopic (exact) mass is 286 g/mol. The minimum Gasteiger partial charge on any atom is -0.396 e. The summed E-state index contributed by atoms with van der Waals surface area (Å²) >= 11 is 0. The smallest absolute Gasteiger partial charge is 0.163 e. The Hall–Kier alpha value is -2.14. The summed E-state index contributed by atoms with van der Waals surface area (Å²) in [5.74, 6) is 2.65. The predicted octanol–water partition coefficient (Wildman–Crippen LogP) is 2.62. The molecule has 0 saturated carbocycles. The summed E-state index contributed by atoms with van der Waals surface area (Å²) in [6, 6.07) is 11.8. The van der Waals surface area contributed by atoms with Crippen LogP contribution in [0.3, 0.4) is 0 Å². The molecule has 1 atom stereocenters. The molecule has 1 aromatic carbocycles. The zero-order valence-electron chi connectivity index (χ0n) is 12.5. The normalized spacial score (nSPS) is 12.0. The fraction of sp³-hybridized carbons (Fsp3) is 0.375. The second-order valence-electron chi connectivity index (χ2n) is 5.08. The second kappa shape index (κ2) is 7.59. The zero-order chi connectivity index (χ0) is 15.1. The van der Waals surface area contributed by atoms with Crippen LogP contribution in [-0.4, -0.2) is 35.3 Å².